The summed E-state index contributed by atoms with van der Waals surface area (Å²) < 4.78 is 22.0. The third-order valence-corrected chi connectivity index (χ3v) is 4.14. The van der Waals surface area contributed by atoms with E-state index in [1.165, 1.54) is 0 Å². The van der Waals surface area contributed by atoms with E-state index < -0.39 is 0 Å². The number of hydrogen-bond acceptors (Lipinski definition) is 5. The Morgan fingerprint density at radius 3 is 1.87 bits per heavy atom. The molecule has 1 N–H and O–H groups in total. The first-order valence-corrected chi connectivity index (χ1v) is 7.67. The van der Waals surface area contributed by atoms with Crippen LogP contribution in [0, 0.1) is 0 Å². The molecule has 0 atom stereocenters. The second-order valence-electron chi connectivity index (χ2n) is 4.81. The highest BCUT2D eigenvalue weighted by Crippen LogP contribution is 2.38. The van der Waals surface area contributed by atoms with Gasteiger partial charge in [-0.3, -0.25) is 0 Å². The number of phenols is 1. The van der Waals surface area contributed by atoms with Gasteiger partial charge in [-0.2, -0.15) is 0 Å². The van der Waals surface area contributed by atoms with Gasteiger partial charge in [-0.05, 0) is 33.6 Å². The fraction of sp³-hybridized carbons (Fsp3) is 0.294. The van der Waals surface area contributed by atoms with Crippen molar-refractivity contribution in [3.8, 4) is 28.7 Å². The summed E-state index contributed by atoms with van der Waals surface area (Å²) in [6.07, 6.45) is 0.470. The van der Waals surface area contributed by atoms with Crippen LogP contribution in [0.2, 0.25) is 0 Å². The van der Waals surface area contributed by atoms with E-state index >= 15 is 0 Å². The fourth-order valence-corrected chi connectivity index (χ4v) is 2.87. The van der Waals surface area contributed by atoms with E-state index in [2.05, 4.69) is 15.9 Å². The highest BCUT2D eigenvalue weighted by atomic mass is 79.9. The first-order chi connectivity index (χ1) is 11.0. The molecular formula is C17H19BrO5. The summed E-state index contributed by atoms with van der Waals surface area (Å²) in [6.45, 7) is 0. The molecule has 0 aromatic heterocycles. The summed E-state index contributed by atoms with van der Waals surface area (Å²) in [5, 5.41) is 10.2. The highest BCUT2D eigenvalue weighted by Gasteiger charge is 2.15. The van der Waals surface area contributed by atoms with Crippen LogP contribution < -0.4 is 18.9 Å². The Balaban J connectivity index is 2.45. The van der Waals surface area contributed by atoms with E-state index in [0.717, 1.165) is 15.6 Å². The first kappa shape index (κ1) is 17.3. The van der Waals surface area contributed by atoms with Gasteiger partial charge < -0.3 is 24.1 Å². The lowest BCUT2D eigenvalue weighted by atomic mass is 10.0. The lowest BCUT2D eigenvalue weighted by molar-refractivity contribution is 0.347. The molecule has 0 saturated carbocycles. The Labute approximate surface area is 143 Å². The molecule has 2 aromatic rings. The Kier molecular flexibility index (Phi) is 5.60. The lowest BCUT2D eigenvalue weighted by Crippen LogP contribution is -1.99. The van der Waals surface area contributed by atoms with Crippen molar-refractivity contribution in [1.82, 2.24) is 0 Å². The molecule has 0 amide bonds. The maximum absolute atomic E-state index is 10.2. The minimum atomic E-state index is 0.155. The predicted molar refractivity (Wildman–Crippen MR) is 91.3 cm³/mol. The Morgan fingerprint density at radius 2 is 1.30 bits per heavy atom. The third kappa shape index (κ3) is 3.64. The molecule has 0 spiro atoms. The van der Waals surface area contributed by atoms with E-state index in [9.17, 15) is 5.11 Å². The van der Waals surface area contributed by atoms with Crippen molar-refractivity contribution < 1.29 is 24.1 Å². The maximum atomic E-state index is 10.2. The Bertz CT molecular complexity index is 700. The van der Waals surface area contributed by atoms with Crippen LogP contribution in [0.4, 0.5) is 0 Å². The van der Waals surface area contributed by atoms with Crippen molar-refractivity contribution in [3.63, 3.8) is 0 Å². The molecule has 0 saturated heterocycles. The Hall–Kier alpha value is -2.08. The zero-order valence-electron chi connectivity index (χ0n) is 13.5. The SMILES string of the molecule is COc1cc(O)c(Cc2cc(OC)c(OC)cc2OC)cc1Br. The van der Waals surface area contributed by atoms with Gasteiger partial charge in [0.2, 0.25) is 0 Å². The number of benzene rings is 2. The van der Waals surface area contributed by atoms with Gasteiger partial charge in [0, 0.05) is 24.1 Å². The van der Waals surface area contributed by atoms with Crippen molar-refractivity contribution in [2.45, 2.75) is 6.42 Å². The van der Waals surface area contributed by atoms with Crippen LogP contribution in [-0.4, -0.2) is 33.5 Å². The molecule has 0 aliphatic rings. The molecule has 0 aliphatic heterocycles. The number of phenolic OH excluding ortho intramolecular Hbond substituents is 1. The molecule has 0 bridgehead atoms. The smallest absolute Gasteiger partial charge is 0.164 e. The first-order valence-electron chi connectivity index (χ1n) is 6.88. The van der Waals surface area contributed by atoms with Gasteiger partial charge in [-0.15, -0.1) is 0 Å². The van der Waals surface area contributed by atoms with Crippen LogP contribution in [0.3, 0.4) is 0 Å². The Morgan fingerprint density at radius 1 is 0.739 bits per heavy atom. The minimum Gasteiger partial charge on any atom is -0.508 e. The zero-order chi connectivity index (χ0) is 17.0. The monoisotopic (exact) mass is 382 g/mol. The van der Waals surface area contributed by atoms with Gasteiger partial charge in [-0.25, -0.2) is 0 Å². The predicted octanol–water partition coefficient (Wildman–Crippen LogP) is 3.78. The number of halogens is 1. The van der Waals surface area contributed by atoms with Crippen molar-refractivity contribution >= 4 is 15.9 Å². The van der Waals surface area contributed by atoms with Gasteiger partial charge >= 0.3 is 0 Å². The van der Waals surface area contributed by atoms with Crippen LogP contribution in [0.5, 0.6) is 28.7 Å². The summed E-state index contributed by atoms with van der Waals surface area (Å²) in [5.74, 6) is 2.59. The number of rotatable bonds is 6. The van der Waals surface area contributed by atoms with E-state index in [-0.39, 0.29) is 5.75 Å². The standard InChI is InChI=1S/C17H19BrO5/c1-20-14-9-17(23-4)16(22-3)7-11(14)5-10-6-12(18)15(21-2)8-13(10)19/h6-9,19H,5H2,1-4H3. The van der Waals surface area contributed by atoms with E-state index in [4.69, 9.17) is 18.9 Å². The number of methoxy groups -OCH3 is 4. The van der Waals surface area contributed by atoms with Gasteiger partial charge in [-0.1, -0.05) is 0 Å². The van der Waals surface area contributed by atoms with Crippen molar-refractivity contribution in [2.75, 3.05) is 28.4 Å². The second-order valence-corrected chi connectivity index (χ2v) is 5.67. The number of hydrogen-bond donors (Lipinski definition) is 1. The zero-order valence-corrected chi connectivity index (χ0v) is 15.1. The number of ether oxygens (including phenoxy) is 4. The van der Waals surface area contributed by atoms with Crippen molar-refractivity contribution in [1.29, 1.82) is 0 Å². The molecule has 6 heteroatoms. The van der Waals surface area contributed by atoms with Crippen LogP contribution in [-0.2, 0) is 6.42 Å². The van der Waals surface area contributed by atoms with Crippen LogP contribution in [0.1, 0.15) is 11.1 Å². The van der Waals surface area contributed by atoms with Crippen LogP contribution in [0.15, 0.2) is 28.7 Å². The van der Waals surface area contributed by atoms with E-state index in [1.54, 1.807) is 40.6 Å². The normalized spacial score (nSPS) is 10.3. The fourth-order valence-electron chi connectivity index (χ4n) is 2.32. The van der Waals surface area contributed by atoms with Crippen LogP contribution in [0.25, 0.3) is 0 Å². The highest BCUT2D eigenvalue weighted by molar-refractivity contribution is 9.10. The van der Waals surface area contributed by atoms with Crippen molar-refractivity contribution in [3.05, 3.63) is 39.9 Å². The van der Waals surface area contributed by atoms with Gasteiger partial charge in [0.25, 0.3) is 0 Å². The van der Waals surface area contributed by atoms with Gasteiger partial charge in [0.1, 0.15) is 17.2 Å². The molecular weight excluding hydrogens is 364 g/mol. The third-order valence-electron chi connectivity index (χ3n) is 3.52. The van der Waals surface area contributed by atoms with E-state index in [1.807, 2.05) is 12.1 Å². The molecule has 23 heavy (non-hydrogen) atoms. The second kappa shape index (κ2) is 7.46. The molecule has 0 unspecified atom stereocenters. The molecule has 0 fully saturated rings. The van der Waals surface area contributed by atoms with E-state index in [0.29, 0.717) is 29.4 Å². The minimum absolute atomic E-state index is 0.155. The van der Waals surface area contributed by atoms with Crippen LogP contribution >= 0.6 is 15.9 Å². The molecule has 2 rings (SSSR count). The summed E-state index contributed by atoms with van der Waals surface area (Å²) in [5.41, 5.74) is 1.61. The average molecular weight is 383 g/mol. The summed E-state index contributed by atoms with van der Waals surface area (Å²) in [6, 6.07) is 7.01. The molecule has 0 aliphatic carbocycles. The topological polar surface area (TPSA) is 57.2 Å². The van der Waals surface area contributed by atoms with Gasteiger partial charge in [0.05, 0.1) is 32.9 Å². The summed E-state index contributed by atoms with van der Waals surface area (Å²) in [4.78, 5) is 0. The molecule has 124 valence electrons. The van der Waals surface area contributed by atoms with Crippen molar-refractivity contribution in [2.24, 2.45) is 0 Å². The maximum Gasteiger partial charge on any atom is 0.164 e. The quantitative estimate of drug-likeness (QED) is 0.823. The summed E-state index contributed by atoms with van der Waals surface area (Å²) >= 11 is 3.43. The lowest BCUT2D eigenvalue weighted by Gasteiger charge is -2.15. The molecule has 2 aromatic carbocycles. The summed E-state index contributed by atoms with van der Waals surface area (Å²) in [7, 11) is 6.30. The largest absolute Gasteiger partial charge is 0.508 e. The molecule has 0 radical (unpaired) electrons. The average Bonchev–Trinajstić information content (AvgIpc) is 2.57. The molecule has 5 nitrogen and oxygen atoms in total. The molecule has 0 heterocycles. The van der Waals surface area contributed by atoms with Gasteiger partial charge in [0.15, 0.2) is 11.5 Å². The number of aromatic hydroxyl groups is 1.